The molecule has 0 aromatic heterocycles. The molecule has 1 unspecified atom stereocenters. The van der Waals surface area contributed by atoms with Crippen LogP contribution in [0.5, 0.6) is 0 Å². The van der Waals surface area contributed by atoms with Crippen LogP contribution in [0.25, 0.3) is 0 Å². The summed E-state index contributed by atoms with van der Waals surface area (Å²) in [6, 6.07) is 9.17. The Hall–Kier alpha value is -0.820. The van der Waals surface area contributed by atoms with Crippen LogP contribution >= 0.6 is 0 Å². The van der Waals surface area contributed by atoms with E-state index in [0.29, 0.717) is 0 Å². The minimum Gasteiger partial charge on any atom is -0.324 e. The van der Waals surface area contributed by atoms with Crippen molar-refractivity contribution in [3.8, 4) is 0 Å². The Labute approximate surface area is 104 Å². The first-order chi connectivity index (χ1) is 8.34. The molecular formula is C16H23N. The van der Waals surface area contributed by atoms with Crippen LogP contribution in [0.15, 0.2) is 24.3 Å². The highest BCUT2D eigenvalue weighted by molar-refractivity contribution is 5.34. The van der Waals surface area contributed by atoms with Gasteiger partial charge in [-0.05, 0) is 42.2 Å². The molecule has 0 spiro atoms. The molecule has 1 aromatic rings. The smallest absolute Gasteiger partial charge is 0.0300 e. The maximum absolute atomic E-state index is 6.42. The van der Waals surface area contributed by atoms with Gasteiger partial charge >= 0.3 is 0 Å². The van der Waals surface area contributed by atoms with Crippen molar-refractivity contribution in [1.82, 2.24) is 0 Å². The Bertz CT molecular complexity index is 377. The third-order valence-corrected chi connectivity index (χ3v) is 4.75. The van der Waals surface area contributed by atoms with E-state index >= 15 is 0 Å². The molecule has 1 nitrogen and oxygen atoms in total. The minimum atomic E-state index is 0.275. The van der Waals surface area contributed by atoms with Gasteiger partial charge in [0.25, 0.3) is 0 Å². The summed E-state index contributed by atoms with van der Waals surface area (Å²) in [4.78, 5) is 0. The highest BCUT2D eigenvalue weighted by Gasteiger charge is 2.26. The first-order valence-corrected chi connectivity index (χ1v) is 7.19. The summed E-state index contributed by atoms with van der Waals surface area (Å²) >= 11 is 0. The zero-order chi connectivity index (χ0) is 11.7. The van der Waals surface area contributed by atoms with Gasteiger partial charge in [0, 0.05) is 6.04 Å². The van der Waals surface area contributed by atoms with Gasteiger partial charge in [-0.15, -0.1) is 0 Å². The Morgan fingerprint density at radius 3 is 2.35 bits per heavy atom. The Morgan fingerprint density at radius 1 is 1.06 bits per heavy atom. The van der Waals surface area contributed by atoms with E-state index in [1.54, 1.807) is 5.56 Å². The van der Waals surface area contributed by atoms with E-state index < -0.39 is 0 Å². The number of hydrogen-bond donors (Lipinski definition) is 1. The fourth-order valence-corrected chi connectivity index (χ4v) is 3.15. The lowest BCUT2D eigenvalue weighted by atomic mass is 9.75. The van der Waals surface area contributed by atoms with Gasteiger partial charge < -0.3 is 5.73 Å². The van der Waals surface area contributed by atoms with Crippen LogP contribution in [0.3, 0.4) is 0 Å². The molecule has 92 valence electrons. The topological polar surface area (TPSA) is 26.0 Å². The predicted molar refractivity (Wildman–Crippen MR) is 71.9 cm³/mol. The number of nitrogens with two attached hydrogens (primary N) is 1. The highest BCUT2D eigenvalue weighted by atomic mass is 14.6. The standard InChI is InChI=1S/C16H23N/c17-16(11-12-5-3-6-12)15-10-2-1-9-14(15)13-7-4-8-13/h1-2,9-10,12-13,16H,3-8,11,17H2. The quantitative estimate of drug-likeness (QED) is 0.825. The largest absolute Gasteiger partial charge is 0.324 e. The van der Waals surface area contributed by atoms with E-state index in [9.17, 15) is 0 Å². The molecule has 1 heteroatoms. The summed E-state index contributed by atoms with van der Waals surface area (Å²) in [5, 5.41) is 0. The molecule has 2 fully saturated rings. The summed E-state index contributed by atoms with van der Waals surface area (Å²) in [5.41, 5.74) is 9.40. The maximum Gasteiger partial charge on any atom is 0.0300 e. The average Bonchev–Trinajstić information content (AvgIpc) is 2.21. The van der Waals surface area contributed by atoms with Crippen molar-refractivity contribution in [3.05, 3.63) is 35.4 Å². The van der Waals surface area contributed by atoms with Gasteiger partial charge in [-0.3, -0.25) is 0 Å². The molecule has 0 aliphatic heterocycles. The van der Waals surface area contributed by atoms with E-state index in [0.717, 1.165) is 11.8 Å². The van der Waals surface area contributed by atoms with Gasteiger partial charge in [0.1, 0.15) is 0 Å². The second-order valence-corrected chi connectivity index (χ2v) is 5.90. The van der Waals surface area contributed by atoms with Gasteiger partial charge in [-0.1, -0.05) is 49.9 Å². The molecule has 0 bridgehead atoms. The van der Waals surface area contributed by atoms with Gasteiger partial charge in [0.15, 0.2) is 0 Å². The van der Waals surface area contributed by atoms with Crippen molar-refractivity contribution < 1.29 is 0 Å². The first-order valence-electron chi connectivity index (χ1n) is 7.19. The van der Waals surface area contributed by atoms with Crippen molar-refractivity contribution in [2.45, 2.75) is 56.9 Å². The lowest BCUT2D eigenvalue weighted by Gasteiger charge is -2.32. The monoisotopic (exact) mass is 229 g/mol. The van der Waals surface area contributed by atoms with Crippen LogP contribution in [-0.4, -0.2) is 0 Å². The van der Waals surface area contributed by atoms with Crippen molar-refractivity contribution in [3.63, 3.8) is 0 Å². The number of rotatable bonds is 4. The predicted octanol–water partition coefficient (Wildman–Crippen LogP) is 4.14. The molecule has 0 saturated heterocycles. The third-order valence-electron chi connectivity index (χ3n) is 4.75. The maximum atomic E-state index is 6.42. The molecule has 2 aliphatic rings. The summed E-state index contributed by atoms with van der Waals surface area (Å²) in [6.07, 6.45) is 9.56. The Balaban J connectivity index is 1.75. The summed E-state index contributed by atoms with van der Waals surface area (Å²) < 4.78 is 0. The summed E-state index contributed by atoms with van der Waals surface area (Å²) in [7, 11) is 0. The van der Waals surface area contributed by atoms with Crippen LogP contribution in [-0.2, 0) is 0 Å². The molecule has 17 heavy (non-hydrogen) atoms. The first kappa shape index (κ1) is 11.3. The fraction of sp³-hybridized carbons (Fsp3) is 0.625. The SMILES string of the molecule is NC(CC1CCC1)c1ccccc1C1CCC1. The molecule has 2 saturated carbocycles. The average molecular weight is 229 g/mol. The van der Waals surface area contributed by atoms with Gasteiger partial charge in [0.2, 0.25) is 0 Å². The second kappa shape index (κ2) is 4.81. The molecule has 1 atom stereocenters. The number of benzene rings is 1. The van der Waals surface area contributed by atoms with Gasteiger partial charge in [-0.25, -0.2) is 0 Å². The molecule has 0 heterocycles. The second-order valence-electron chi connectivity index (χ2n) is 5.90. The van der Waals surface area contributed by atoms with Crippen LogP contribution in [0.4, 0.5) is 0 Å². The van der Waals surface area contributed by atoms with E-state index in [1.807, 2.05) is 0 Å². The van der Waals surface area contributed by atoms with Crippen molar-refractivity contribution >= 4 is 0 Å². The molecule has 2 aliphatic carbocycles. The Morgan fingerprint density at radius 2 is 1.76 bits per heavy atom. The van der Waals surface area contributed by atoms with Crippen molar-refractivity contribution in [2.24, 2.45) is 11.7 Å². The lowest BCUT2D eigenvalue weighted by Crippen LogP contribution is -2.22. The lowest BCUT2D eigenvalue weighted by molar-refractivity contribution is 0.276. The Kier molecular flexibility index (Phi) is 3.19. The number of hydrogen-bond acceptors (Lipinski definition) is 1. The van der Waals surface area contributed by atoms with E-state index in [1.165, 1.54) is 50.5 Å². The van der Waals surface area contributed by atoms with E-state index in [2.05, 4.69) is 24.3 Å². The summed E-state index contributed by atoms with van der Waals surface area (Å²) in [5.74, 6) is 1.71. The van der Waals surface area contributed by atoms with Crippen LogP contribution in [0.1, 0.15) is 68.0 Å². The molecule has 2 N–H and O–H groups in total. The summed E-state index contributed by atoms with van der Waals surface area (Å²) in [6.45, 7) is 0. The zero-order valence-electron chi connectivity index (χ0n) is 10.6. The van der Waals surface area contributed by atoms with Crippen molar-refractivity contribution in [1.29, 1.82) is 0 Å². The molecular weight excluding hydrogens is 206 g/mol. The minimum absolute atomic E-state index is 0.275. The molecule has 1 aromatic carbocycles. The van der Waals surface area contributed by atoms with Gasteiger partial charge in [-0.2, -0.15) is 0 Å². The van der Waals surface area contributed by atoms with Crippen LogP contribution in [0, 0.1) is 5.92 Å². The molecule has 0 amide bonds. The van der Waals surface area contributed by atoms with E-state index in [4.69, 9.17) is 5.73 Å². The molecule has 3 rings (SSSR count). The third kappa shape index (κ3) is 2.26. The highest BCUT2D eigenvalue weighted by Crippen LogP contribution is 2.41. The van der Waals surface area contributed by atoms with Crippen LogP contribution < -0.4 is 5.73 Å². The zero-order valence-corrected chi connectivity index (χ0v) is 10.6. The molecule has 0 radical (unpaired) electrons. The van der Waals surface area contributed by atoms with E-state index in [-0.39, 0.29) is 6.04 Å². The normalized spacial score (nSPS) is 22.9. The fourth-order valence-electron chi connectivity index (χ4n) is 3.15. The van der Waals surface area contributed by atoms with Crippen LogP contribution in [0.2, 0.25) is 0 Å². The van der Waals surface area contributed by atoms with Crippen molar-refractivity contribution in [2.75, 3.05) is 0 Å². The van der Waals surface area contributed by atoms with Gasteiger partial charge in [0.05, 0.1) is 0 Å².